The Bertz CT molecular complexity index is 687. The molecule has 0 aromatic carbocycles. The summed E-state index contributed by atoms with van der Waals surface area (Å²) in [6, 6.07) is 1.84. The molecular formula is C16H22N4O2. The number of nitrogens with zero attached hydrogens (tertiary/aromatic N) is 3. The molecule has 1 N–H and O–H groups in total. The molecule has 6 nitrogen and oxygen atoms in total. The first-order chi connectivity index (χ1) is 10.6. The van der Waals surface area contributed by atoms with E-state index in [4.69, 9.17) is 4.52 Å². The van der Waals surface area contributed by atoms with Crippen LogP contribution in [0.4, 0.5) is 0 Å². The Morgan fingerprint density at radius 2 is 2.14 bits per heavy atom. The van der Waals surface area contributed by atoms with Gasteiger partial charge in [-0.3, -0.25) is 4.79 Å². The van der Waals surface area contributed by atoms with Gasteiger partial charge in [-0.1, -0.05) is 5.16 Å². The van der Waals surface area contributed by atoms with Gasteiger partial charge in [-0.25, -0.2) is 4.98 Å². The first-order valence-electron chi connectivity index (χ1n) is 7.77. The van der Waals surface area contributed by atoms with Crippen LogP contribution in [0.3, 0.4) is 0 Å². The number of likely N-dealkylation sites (tertiary alicyclic amines) is 1. The zero-order valence-electron chi connectivity index (χ0n) is 13.3. The molecule has 0 unspecified atom stereocenters. The van der Waals surface area contributed by atoms with Crippen LogP contribution in [0.1, 0.15) is 34.6 Å². The van der Waals surface area contributed by atoms with Crippen LogP contribution in [0.25, 0.3) is 11.1 Å². The molecule has 0 aliphatic carbocycles. The maximum atomic E-state index is 12.9. The van der Waals surface area contributed by atoms with E-state index in [1.165, 1.54) is 0 Å². The van der Waals surface area contributed by atoms with Gasteiger partial charge in [-0.15, -0.1) is 0 Å². The van der Waals surface area contributed by atoms with Crippen LogP contribution in [0, 0.1) is 19.8 Å². The Morgan fingerprint density at radius 1 is 1.41 bits per heavy atom. The number of carbonyl (C=O) groups is 1. The molecule has 1 aliphatic heterocycles. The third kappa shape index (κ3) is 2.70. The summed E-state index contributed by atoms with van der Waals surface area (Å²) >= 11 is 0. The second kappa shape index (κ2) is 6.04. The summed E-state index contributed by atoms with van der Waals surface area (Å²) in [5.41, 5.74) is 2.60. The number of aromatic nitrogens is 2. The van der Waals surface area contributed by atoms with E-state index >= 15 is 0 Å². The van der Waals surface area contributed by atoms with Crippen LogP contribution in [-0.4, -0.2) is 47.6 Å². The lowest BCUT2D eigenvalue weighted by atomic mass is 9.96. The second-order valence-electron chi connectivity index (χ2n) is 6.05. The van der Waals surface area contributed by atoms with Crippen LogP contribution in [-0.2, 0) is 0 Å². The van der Waals surface area contributed by atoms with Crippen molar-refractivity contribution in [1.82, 2.24) is 20.4 Å². The van der Waals surface area contributed by atoms with Gasteiger partial charge in [0.05, 0.1) is 16.6 Å². The van der Waals surface area contributed by atoms with Crippen molar-refractivity contribution in [1.29, 1.82) is 0 Å². The molecule has 1 saturated heterocycles. The van der Waals surface area contributed by atoms with Gasteiger partial charge in [0.2, 0.25) is 0 Å². The minimum atomic E-state index is 0.0599. The number of fused-ring (bicyclic) bond motifs is 1. The molecule has 1 fully saturated rings. The first kappa shape index (κ1) is 15.0. The van der Waals surface area contributed by atoms with Crippen molar-refractivity contribution >= 4 is 17.0 Å². The van der Waals surface area contributed by atoms with Gasteiger partial charge in [0, 0.05) is 18.8 Å². The Balaban J connectivity index is 1.85. The number of aryl methyl sites for hydroxylation is 2. The maximum Gasteiger partial charge on any atom is 0.258 e. The van der Waals surface area contributed by atoms with Crippen molar-refractivity contribution in [2.24, 2.45) is 5.92 Å². The summed E-state index contributed by atoms with van der Waals surface area (Å²) in [7, 11) is 1.97. The van der Waals surface area contributed by atoms with E-state index in [0.717, 1.165) is 49.2 Å². The number of nitrogens with one attached hydrogen (secondary N) is 1. The van der Waals surface area contributed by atoms with Gasteiger partial charge < -0.3 is 14.7 Å². The van der Waals surface area contributed by atoms with Gasteiger partial charge in [0.1, 0.15) is 0 Å². The summed E-state index contributed by atoms with van der Waals surface area (Å²) in [6.07, 6.45) is 2.09. The fourth-order valence-corrected chi connectivity index (χ4v) is 3.19. The average molecular weight is 302 g/mol. The Kier molecular flexibility index (Phi) is 4.11. The molecule has 2 aromatic heterocycles. The molecule has 0 bridgehead atoms. The number of piperidine rings is 1. The highest BCUT2D eigenvalue weighted by Crippen LogP contribution is 2.25. The van der Waals surface area contributed by atoms with Gasteiger partial charge in [0.25, 0.3) is 11.6 Å². The quantitative estimate of drug-likeness (QED) is 0.938. The maximum absolute atomic E-state index is 12.9. The third-order valence-electron chi connectivity index (χ3n) is 4.37. The highest BCUT2D eigenvalue weighted by Gasteiger charge is 2.26. The van der Waals surface area contributed by atoms with Crippen LogP contribution in [0.15, 0.2) is 10.6 Å². The van der Waals surface area contributed by atoms with E-state index in [9.17, 15) is 4.79 Å². The van der Waals surface area contributed by atoms with Crippen molar-refractivity contribution in [2.75, 3.05) is 26.7 Å². The van der Waals surface area contributed by atoms with Crippen LogP contribution in [0.5, 0.6) is 0 Å². The SMILES string of the molecule is CNCC1CCN(C(=O)c2cc(C)nc3onc(C)c23)CC1. The smallest absolute Gasteiger partial charge is 0.258 e. The number of hydrogen-bond acceptors (Lipinski definition) is 5. The van der Waals surface area contributed by atoms with E-state index < -0.39 is 0 Å². The topological polar surface area (TPSA) is 71.3 Å². The molecule has 3 rings (SSSR count). The monoisotopic (exact) mass is 302 g/mol. The predicted octanol–water partition coefficient (Wildman–Crippen LogP) is 1.91. The van der Waals surface area contributed by atoms with Crippen LogP contribution in [0.2, 0.25) is 0 Å². The number of amides is 1. The van der Waals surface area contributed by atoms with E-state index in [2.05, 4.69) is 15.5 Å². The fraction of sp³-hybridized carbons (Fsp3) is 0.562. The standard InChI is InChI=1S/C16H22N4O2/c1-10-8-13(14-11(2)19-22-15(14)18-10)16(21)20-6-4-12(5-7-20)9-17-3/h8,12,17H,4-7,9H2,1-3H3. The number of hydrogen-bond donors (Lipinski definition) is 1. The minimum absolute atomic E-state index is 0.0599. The number of carbonyl (C=O) groups excluding carboxylic acids is 1. The van der Waals surface area contributed by atoms with Crippen molar-refractivity contribution in [3.8, 4) is 0 Å². The average Bonchev–Trinajstić information content (AvgIpc) is 2.88. The minimum Gasteiger partial charge on any atom is -0.339 e. The molecule has 22 heavy (non-hydrogen) atoms. The van der Waals surface area contributed by atoms with Crippen LogP contribution < -0.4 is 5.32 Å². The van der Waals surface area contributed by atoms with E-state index in [1.54, 1.807) is 0 Å². The second-order valence-corrected chi connectivity index (χ2v) is 6.05. The summed E-state index contributed by atoms with van der Waals surface area (Å²) < 4.78 is 5.22. The predicted molar refractivity (Wildman–Crippen MR) is 83.8 cm³/mol. The normalized spacial score (nSPS) is 16.4. The molecule has 0 atom stereocenters. The van der Waals surface area contributed by atoms with Crippen LogP contribution >= 0.6 is 0 Å². The van der Waals surface area contributed by atoms with Crippen molar-refractivity contribution in [3.05, 3.63) is 23.0 Å². The van der Waals surface area contributed by atoms with Gasteiger partial charge in [0.15, 0.2) is 0 Å². The molecule has 2 aromatic rings. The summed E-state index contributed by atoms with van der Waals surface area (Å²) in [5, 5.41) is 7.90. The summed E-state index contributed by atoms with van der Waals surface area (Å²) in [5.74, 6) is 0.718. The molecule has 1 aliphatic rings. The number of rotatable bonds is 3. The van der Waals surface area contributed by atoms with Gasteiger partial charge >= 0.3 is 0 Å². The molecule has 0 radical (unpaired) electrons. The lowest BCUT2D eigenvalue weighted by molar-refractivity contribution is 0.0692. The van der Waals surface area contributed by atoms with E-state index in [-0.39, 0.29) is 5.91 Å². The molecule has 0 saturated carbocycles. The van der Waals surface area contributed by atoms with Crippen molar-refractivity contribution in [2.45, 2.75) is 26.7 Å². The summed E-state index contributed by atoms with van der Waals surface area (Å²) in [4.78, 5) is 19.1. The highest BCUT2D eigenvalue weighted by atomic mass is 16.5. The van der Waals surface area contributed by atoms with Crippen molar-refractivity contribution in [3.63, 3.8) is 0 Å². The van der Waals surface area contributed by atoms with Gasteiger partial charge in [-0.2, -0.15) is 0 Å². The van der Waals surface area contributed by atoms with E-state index in [1.807, 2.05) is 31.9 Å². The first-order valence-corrected chi connectivity index (χ1v) is 7.77. The van der Waals surface area contributed by atoms with E-state index in [0.29, 0.717) is 17.2 Å². The molecule has 0 spiro atoms. The fourth-order valence-electron chi connectivity index (χ4n) is 3.19. The zero-order chi connectivity index (χ0) is 15.7. The lowest BCUT2D eigenvalue weighted by Crippen LogP contribution is -2.40. The Morgan fingerprint density at radius 3 is 2.82 bits per heavy atom. The summed E-state index contributed by atoms with van der Waals surface area (Å²) in [6.45, 7) is 6.34. The Hall–Kier alpha value is -1.95. The largest absolute Gasteiger partial charge is 0.339 e. The zero-order valence-corrected chi connectivity index (χ0v) is 13.3. The Labute approximate surface area is 129 Å². The molecular weight excluding hydrogens is 280 g/mol. The number of pyridine rings is 1. The molecule has 3 heterocycles. The third-order valence-corrected chi connectivity index (χ3v) is 4.37. The highest BCUT2D eigenvalue weighted by molar-refractivity contribution is 6.06. The van der Waals surface area contributed by atoms with Gasteiger partial charge in [-0.05, 0) is 52.3 Å². The van der Waals surface area contributed by atoms with Crippen molar-refractivity contribution < 1.29 is 9.32 Å². The lowest BCUT2D eigenvalue weighted by Gasteiger charge is -2.32. The molecule has 118 valence electrons. The molecule has 1 amide bonds. The molecule has 6 heteroatoms.